The fourth-order valence-electron chi connectivity index (χ4n) is 1.82. The van der Waals surface area contributed by atoms with Gasteiger partial charge in [-0.25, -0.2) is 0 Å². The largest absolute Gasteiger partial charge is 0.456 e. The third-order valence-corrected chi connectivity index (χ3v) is 4.94. The van der Waals surface area contributed by atoms with Crippen LogP contribution in [0, 0.1) is 0 Å². The van der Waals surface area contributed by atoms with Gasteiger partial charge in [-0.3, -0.25) is 4.79 Å². The van der Waals surface area contributed by atoms with Gasteiger partial charge in [0, 0.05) is 26.6 Å². The average Bonchev–Trinajstić information content (AvgIpc) is 3.26. The van der Waals surface area contributed by atoms with Crippen LogP contribution in [0.2, 0.25) is 5.02 Å². The summed E-state index contributed by atoms with van der Waals surface area (Å²) in [5.74, 6) is 1.12. The number of aromatic nitrogens is 2. The van der Waals surface area contributed by atoms with Gasteiger partial charge >= 0.3 is 5.97 Å². The Morgan fingerprint density at radius 3 is 2.88 bits per heavy atom. The van der Waals surface area contributed by atoms with Crippen molar-refractivity contribution in [3.63, 3.8) is 0 Å². The summed E-state index contributed by atoms with van der Waals surface area (Å²) < 4.78 is 10.2. The van der Waals surface area contributed by atoms with E-state index >= 15 is 0 Å². The van der Waals surface area contributed by atoms with Gasteiger partial charge in [0.15, 0.2) is 6.61 Å². The van der Waals surface area contributed by atoms with E-state index in [-0.39, 0.29) is 18.5 Å². The molecule has 0 radical (unpaired) electrons. The van der Waals surface area contributed by atoms with E-state index in [0.717, 1.165) is 10.5 Å². The molecule has 0 aliphatic rings. The highest BCUT2D eigenvalue weighted by molar-refractivity contribution is 7.99. The Morgan fingerprint density at radius 2 is 2.12 bits per heavy atom. The van der Waals surface area contributed by atoms with E-state index < -0.39 is 0 Å². The van der Waals surface area contributed by atoms with Crippen LogP contribution in [0.5, 0.6) is 0 Å². The van der Waals surface area contributed by atoms with Crippen LogP contribution in [0.25, 0.3) is 11.4 Å². The molecule has 0 aliphatic heterocycles. The van der Waals surface area contributed by atoms with Crippen molar-refractivity contribution in [1.82, 2.24) is 10.1 Å². The van der Waals surface area contributed by atoms with Crippen molar-refractivity contribution in [1.29, 1.82) is 0 Å². The Morgan fingerprint density at radius 1 is 1.29 bits per heavy atom. The zero-order valence-corrected chi connectivity index (χ0v) is 14.9. The highest BCUT2D eigenvalue weighted by atomic mass is 35.5. The van der Waals surface area contributed by atoms with Crippen LogP contribution >= 0.6 is 34.7 Å². The van der Waals surface area contributed by atoms with Gasteiger partial charge in [-0.2, -0.15) is 16.3 Å². The predicted octanol–water partition coefficient (Wildman–Crippen LogP) is 4.68. The van der Waals surface area contributed by atoms with E-state index in [1.54, 1.807) is 23.1 Å². The molecule has 0 spiro atoms. The molecule has 0 saturated heterocycles. The summed E-state index contributed by atoms with van der Waals surface area (Å²) in [4.78, 5) is 17.0. The fourth-order valence-corrected chi connectivity index (χ4v) is 3.41. The van der Waals surface area contributed by atoms with Gasteiger partial charge in [-0.05, 0) is 35.7 Å². The molecule has 8 heteroatoms. The van der Waals surface area contributed by atoms with Crippen LogP contribution in [-0.2, 0) is 16.1 Å². The lowest BCUT2D eigenvalue weighted by Gasteiger charge is -2.02. The minimum Gasteiger partial charge on any atom is -0.456 e. The lowest BCUT2D eigenvalue weighted by Crippen LogP contribution is -2.05. The third-order valence-electron chi connectivity index (χ3n) is 2.99. The molecular formula is C16H13ClN2O3S2. The van der Waals surface area contributed by atoms with Crippen molar-refractivity contribution in [2.24, 2.45) is 0 Å². The predicted molar refractivity (Wildman–Crippen MR) is 94.2 cm³/mol. The first-order chi connectivity index (χ1) is 11.7. The number of thiophene rings is 1. The van der Waals surface area contributed by atoms with Crippen LogP contribution in [-0.4, -0.2) is 21.9 Å². The van der Waals surface area contributed by atoms with Crippen LogP contribution < -0.4 is 0 Å². The highest BCUT2D eigenvalue weighted by Crippen LogP contribution is 2.21. The van der Waals surface area contributed by atoms with Gasteiger partial charge in [0.1, 0.15) is 0 Å². The third kappa shape index (κ3) is 4.83. The Bertz CT molecular complexity index is 788. The Balaban J connectivity index is 1.40. The zero-order valence-electron chi connectivity index (χ0n) is 12.5. The summed E-state index contributed by atoms with van der Waals surface area (Å²) in [6.45, 7) is -0.0123. The van der Waals surface area contributed by atoms with Crippen LogP contribution in [0.3, 0.4) is 0 Å². The van der Waals surface area contributed by atoms with Gasteiger partial charge in [-0.15, -0.1) is 11.8 Å². The molecule has 2 aromatic heterocycles. The van der Waals surface area contributed by atoms with Gasteiger partial charge < -0.3 is 9.26 Å². The van der Waals surface area contributed by atoms with Gasteiger partial charge in [0.25, 0.3) is 5.89 Å². The Hall–Kier alpha value is -1.83. The maximum atomic E-state index is 11.8. The number of rotatable bonds is 7. The van der Waals surface area contributed by atoms with Crippen LogP contribution in [0.1, 0.15) is 12.3 Å². The van der Waals surface area contributed by atoms with Crippen molar-refractivity contribution >= 4 is 40.7 Å². The lowest BCUT2D eigenvalue weighted by atomic mass is 10.3. The first-order valence-corrected chi connectivity index (χ1v) is 9.40. The second-order valence-corrected chi connectivity index (χ2v) is 7.12. The fraction of sp³-hybridized carbons (Fsp3) is 0.188. The SMILES string of the molecule is O=C(CCSc1ccc(Cl)cc1)OCc1nc(-c2ccsc2)no1. The van der Waals surface area contributed by atoms with Crippen LogP contribution in [0.4, 0.5) is 0 Å². The number of carbonyl (C=O) groups is 1. The average molecular weight is 381 g/mol. The number of hydrogen-bond donors (Lipinski definition) is 0. The molecule has 124 valence electrons. The summed E-state index contributed by atoms with van der Waals surface area (Å²) in [5, 5.41) is 8.41. The minimum atomic E-state index is -0.299. The number of nitrogens with zero attached hydrogens (tertiary/aromatic N) is 2. The summed E-state index contributed by atoms with van der Waals surface area (Å²) in [5.41, 5.74) is 0.890. The van der Waals surface area contributed by atoms with Gasteiger partial charge in [-0.1, -0.05) is 16.8 Å². The van der Waals surface area contributed by atoms with Crippen molar-refractivity contribution in [2.75, 3.05) is 5.75 Å². The van der Waals surface area contributed by atoms with Gasteiger partial charge in [0.2, 0.25) is 5.82 Å². The molecule has 0 aliphatic carbocycles. The molecule has 0 fully saturated rings. The molecule has 3 aromatic rings. The van der Waals surface area contributed by atoms with Crippen molar-refractivity contribution in [2.45, 2.75) is 17.9 Å². The monoisotopic (exact) mass is 380 g/mol. The molecule has 0 N–H and O–H groups in total. The molecule has 0 unspecified atom stereocenters. The molecule has 0 atom stereocenters. The van der Waals surface area contributed by atoms with E-state index in [4.69, 9.17) is 20.9 Å². The number of hydrogen-bond acceptors (Lipinski definition) is 7. The normalized spacial score (nSPS) is 10.7. The molecule has 0 bridgehead atoms. The molecule has 5 nitrogen and oxygen atoms in total. The molecular weight excluding hydrogens is 368 g/mol. The molecule has 2 heterocycles. The second-order valence-electron chi connectivity index (χ2n) is 4.74. The highest BCUT2D eigenvalue weighted by Gasteiger charge is 2.11. The molecule has 3 rings (SSSR count). The number of thioether (sulfide) groups is 1. The number of ether oxygens (including phenoxy) is 1. The standard InChI is InChI=1S/C16H13ClN2O3S2/c17-12-1-3-13(4-2-12)24-8-6-15(20)21-9-14-18-16(19-22-14)11-5-7-23-10-11/h1-5,7,10H,6,8-9H2. The van der Waals surface area contributed by atoms with E-state index in [0.29, 0.717) is 23.0 Å². The topological polar surface area (TPSA) is 65.2 Å². The number of esters is 1. The number of benzene rings is 1. The molecule has 0 amide bonds. The van der Waals surface area contributed by atoms with Crippen molar-refractivity contribution < 1.29 is 14.1 Å². The van der Waals surface area contributed by atoms with E-state index in [1.807, 2.05) is 41.1 Å². The summed E-state index contributed by atoms with van der Waals surface area (Å²) >= 11 is 8.95. The maximum Gasteiger partial charge on any atom is 0.307 e. The Labute approximate surface area is 152 Å². The van der Waals surface area contributed by atoms with E-state index in [2.05, 4.69) is 10.1 Å². The van der Waals surface area contributed by atoms with E-state index in [9.17, 15) is 4.79 Å². The molecule has 24 heavy (non-hydrogen) atoms. The van der Waals surface area contributed by atoms with Crippen LogP contribution in [0.15, 0.2) is 50.5 Å². The number of halogens is 1. The quantitative estimate of drug-likeness (QED) is 0.438. The summed E-state index contributed by atoms with van der Waals surface area (Å²) in [6, 6.07) is 9.39. The van der Waals surface area contributed by atoms with Gasteiger partial charge in [0.05, 0.1) is 6.42 Å². The van der Waals surface area contributed by atoms with E-state index in [1.165, 1.54) is 0 Å². The first-order valence-electron chi connectivity index (χ1n) is 7.10. The lowest BCUT2D eigenvalue weighted by molar-refractivity contribution is -0.145. The summed E-state index contributed by atoms with van der Waals surface area (Å²) in [7, 11) is 0. The molecule has 1 aromatic carbocycles. The second kappa shape index (κ2) is 8.32. The van der Waals surface area contributed by atoms with Crippen molar-refractivity contribution in [3.05, 3.63) is 52.0 Å². The minimum absolute atomic E-state index is 0.0123. The smallest absolute Gasteiger partial charge is 0.307 e. The first kappa shape index (κ1) is 17.0. The molecule has 0 saturated carbocycles. The summed E-state index contributed by atoms with van der Waals surface area (Å²) in [6.07, 6.45) is 0.304. The van der Waals surface area contributed by atoms with Crippen molar-refractivity contribution in [3.8, 4) is 11.4 Å². The Kier molecular flexibility index (Phi) is 5.90. The zero-order chi connectivity index (χ0) is 16.8. The maximum absolute atomic E-state index is 11.8. The number of carbonyl (C=O) groups excluding carboxylic acids is 1.